The maximum atomic E-state index is 11.9. The molecule has 0 aliphatic rings. The van der Waals surface area contributed by atoms with Crippen LogP contribution in [0.5, 0.6) is 0 Å². The van der Waals surface area contributed by atoms with Crippen LogP contribution in [0.4, 0.5) is 0 Å². The molecular weight excluding hydrogens is 236 g/mol. The molecule has 3 nitrogen and oxygen atoms in total. The molecule has 0 aliphatic carbocycles. The Kier molecular flexibility index (Phi) is 4.48. The molecule has 0 aromatic rings. The van der Waals surface area contributed by atoms with Gasteiger partial charge in [-0.15, -0.1) is 0 Å². The van der Waals surface area contributed by atoms with Gasteiger partial charge < -0.3 is 4.74 Å². The molecule has 0 fully saturated rings. The van der Waals surface area contributed by atoms with E-state index < -0.39 is 29.0 Å². The zero-order valence-electron chi connectivity index (χ0n) is 13.7. The summed E-state index contributed by atoms with van der Waals surface area (Å²) in [5.41, 5.74) is -0.737. The molecule has 0 unspecified atom stereocenters. The third-order valence-corrected chi connectivity index (χ3v) is 2.39. The Labute approximate surface area is 111 Å². The summed E-state index contributed by atoms with van der Waals surface area (Å²) >= 11 is 0.973. The molecule has 100 valence electrons. The fourth-order valence-corrected chi connectivity index (χ4v) is 1.76. The summed E-state index contributed by atoms with van der Waals surface area (Å²) < 4.78 is 20.5. The summed E-state index contributed by atoms with van der Waals surface area (Å²) in [5, 5.41) is -0.490. The van der Waals surface area contributed by atoms with Crippen LogP contribution in [0.1, 0.15) is 57.6 Å². The van der Waals surface area contributed by atoms with Crippen LogP contribution in [0.15, 0.2) is 0 Å². The van der Waals surface area contributed by atoms with Crippen LogP contribution in [0, 0.1) is 5.89 Å². The maximum absolute atomic E-state index is 11.9. The molecule has 0 bridgehead atoms. The van der Waals surface area contributed by atoms with Crippen LogP contribution < -0.4 is 0 Å². The first kappa shape index (κ1) is 12.9. The van der Waals surface area contributed by atoms with Crippen molar-refractivity contribution in [1.29, 1.82) is 0 Å². The van der Waals surface area contributed by atoms with Crippen molar-refractivity contribution < 1.29 is 17.1 Å². The first-order valence-electron chi connectivity index (χ1n) is 6.63. The van der Waals surface area contributed by atoms with Gasteiger partial charge in [0.25, 0.3) is 0 Å². The molecule has 0 amide bonds. The molecule has 0 aromatic carbocycles. The van der Waals surface area contributed by atoms with Crippen molar-refractivity contribution in [3.8, 4) is 0 Å². The maximum Gasteiger partial charge on any atom is 0.309 e. The molecule has 17 heavy (non-hydrogen) atoms. The molecule has 0 rings (SSSR count). The first-order chi connectivity index (χ1) is 8.17. The molecule has 2 atom stereocenters. The molecule has 0 aliphatic heterocycles. The van der Waals surface area contributed by atoms with Gasteiger partial charge in [-0.1, -0.05) is 39.5 Å². The summed E-state index contributed by atoms with van der Waals surface area (Å²) in [6, 6.07) is 0. The van der Waals surface area contributed by atoms with E-state index in [0.29, 0.717) is 0 Å². The van der Waals surface area contributed by atoms with Crippen molar-refractivity contribution in [1.82, 2.24) is 0 Å². The van der Waals surface area contributed by atoms with Gasteiger partial charge >= 0.3 is 5.97 Å². The second-order valence-corrected chi connectivity index (χ2v) is 7.69. The molecule has 0 N–H and O–H groups in total. The highest BCUT2D eigenvalue weighted by molar-refractivity contribution is 8.14. The lowest BCUT2D eigenvalue weighted by atomic mass is 10.1. The van der Waals surface area contributed by atoms with Gasteiger partial charge in [-0.3, -0.25) is 9.59 Å². The summed E-state index contributed by atoms with van der Waals surface area (Å²) in [6.45, 7) is 11.8. The van der Waals surface area contributed by atoms with Gasteiger partial charge in [0.1, 0.15) is 5.60 Å². The summed E-state index contributed by atoms with van der Waals surface area (Å²) in [4.78, 5) is 23.8. The van der Waals surface area contributed by atoms with Crippen LogP contribution in [0.3, 0.4) is 0 Å². The molecular formula is C13H24O3S. The van der Waals surface area contributed by atoms with Crippen LogP contribution in [0.25, 0.3) is 0 Å². The van der Waals surface area contributed by atoms with E-state index in [-0.39, 0.29) is 4.75 Å². The highest BCUT2D eigenvalue weighted by Crippen LogP contribution is 2.27. The summed E-state index contributed by atoms with van der Waals surface area (Å²) in [7, 11) is 0. The Hall–Kier alpha value is -0.510. The Morgan fingerprint density at radius 3 is 2.12 bits per heavy atom. The van der Waals surface area contributed by atoms with E-state index in [9.17, 15) is 9.59 Å². The minimum Gasteiger partial charge on any atom is -0.460 e. The Morgan fingerprint density at radius 2 is 1.76 bits per heavy atom. The van der Waals surface area contributed by atoms with Crippen molar-refractivity contribution >= 4 is 22.8 Å². The number of carbonyl (C=O) groups is 2. The van der Waals surface area contributed by atoms with Gasteiger partial charge in [-0.25, -0.2) is 0 Å². The summed E-state index contributed by atoms with van der Waals surface area (Å²) in [5.74, 6) is -2.74. The van der Waals surface area contributed by atoms with Gasteiger partial charge in [0.2, 0.25) is 0 Å². The highest BCUT2D eigenvalue weighted by Gasteiger charge is 2.25. The van der Waals surface area contributed by atoms with Crippen molar-refractivity contribution in [3.63, 3.8) is 0 Å². The van der Waals surface area contributed by atoms with E-state index in [4.69, 9.17) is 7.48 Å². The minimum atomic E-state index is -1.90. The van der Waals surface area contributed by atoms with Crippen LogP contribution in [-0.4, -0.2) is 21.4 Å². The fraction of sp³-hybridized carbons (Fsp3) is 0.846. The van der Waals surface area contributed by atoms with Crippen LogP contribution in [-0.2, 0) is 14.3 Å². The van der Waals surface area contributed by atoms with Crippen molar-refractivity contribution in [2.75, 3.05) is 0 Å². The van der Waals surface area contributed by atoms with Crippen LogP contribution >= 0.6 is 11.8 Å². The average molecular weight is 262 g/mol. The lowest BCUT2D eigenvalue weighted by molar-refractivity contribution is -0.160. The number of hydrogen-bond donors (Lipinski definition) is 0. The molecule has 4 heteroatoms. The largest absolute Gasteiger partial charge is 0.460 e. The standard InChI is InChI=1S/C13H24O3S/c1-9(11(15)16-12(2,3)4)8-10(14)17-13(5,6)7/h9H,8H2,1-7H3/t9-/m1/s1/i8D,9D/t8-,9+/m0. The summed E-state index contributed by atoms with van der Waals surface area (Å²) in [6.07, 6.45) is -1.47. The zero-order chi connectivity index (χ0) is 15.6. The molecule has 0 saturated heterocycles. The fourth-order valence-electron chi connectivity index (χ4n) is 0.926. The predicted octanol–water partition coefficient (Wildman–Crippen LogP) is 3.41. The van der Waals surface area contributed by atoms with E-state index >= 15 is 0 Å². The lowest BCUT2D eigenvalue weighted by Gasteiger charge is -2.22. The average Bonchev–Trinajstić information content (AvgIpc) is 2.10. The number of hydrogen-bond acceptors (Lipinski definition) is 4. The quantitative estimate of drug-likeness (QED) is 0.731. The Balaban J connectivity index is 4.90. The third kappa shape index (κ3) is 9.22. The van der Waals surface area contributed by atoms with E-state index in [2.05, 4.69) is 0 Å². The van der Waals surface area contributed by atoms with Gasteiger partial charge in [-0.2, -0.15) is 0 Å². The number of rotatable bonds is 3. The first-order valence-corrected chi connectivity index (χ1v) is 6.37. The number of thioether (sulfide) groups is 1. The minimum absolute atomic E-state index is 0.347. The van der Waals surface area contributed by atoms with Gasteiger partial charge in [0.05, 0.1) is 5.89 Å². The smallest absolute Gasteiger partial charge is 0.309 e. The second kappa shape index (κ2) is 5.89. The van der Waals surface area contributed by atoms with Crippen molar-refractivity contribution in [2.24, 2.45) is 5.89 Å². The van der Waals surface area contributed by atoms with Crippen molar-refractivity contribution in [2.45, 2.75) is 65.2 Å². The van der Waals surface area contributed by atoms with Gasteiger partial charge in [-0.05, 0) is 20.8 Å². The normalized spacial score (nSPS) is 19.7. The molecule has 0 saturated carbocycles. The Bertz CT molecular complexity index is 354. The van der Waals surface area contributed by atoms with Crippen LogP contribution in [0.2, 0.25) is 0 Å². The monoisotopic (exact) mass is 262 g/mol. The molecule has 0 spiro atoms. The Morgan fingerprint density at radius 1 is 1.29 bits per heavy atom. The van der Waals surface area contributed by atoms with E-state index in [1.807, 2.05) is 20.8 Å². The van der Waals surface area contributed by atoms with Gasteiger partial charge in [0, 0.05) is 13.9 Å². The topological polar surface area (TPSA) is 43.4 Å². The van der Waals surface area contributed by atoms with E-state index in [1.54, 1.807) is 20.8 Å². The molecule has 0 radical (unpaired) electrons. The third-order valence-electron chi connectivity index (χ3n) is 1.46. The zero-order valence-corrected chi connectivity index (χ0v) is 12.5. The van der Waals surface area contributed by atoms with Crippen molar-refractivity contribution in [3.05, 3.63) is 0 Å². The van der Waals surface area contributed by atoms with E-state index in [1.165, 1.54) is 6.92 Å². The molecule has 0 aromatic heterocycles. The SMILES string of the molecule is [2H][C@H](C(=O)SC(C)(C)C)[C@@]([2H])(C)C(=O)OC(C)(C)C. The predicted molar refractivity (Wildman–Crippen MR) is 72.0 cm³/mol. The highest BCUT2D eigenvalue weighted by atomic mass is 32.2. The number of carbonyl (C=O) groups excluding carboxylic acids is 2. The van der Waals surface area contributed by atoms with Gasteiger partial charge in [0.15, 0.2) is 5.12 Å². The molecule has 0 heterocycles. The number of esters is 1. The lowest BCUT2D eigenvalue weighted by Crippen LogP contribution is -2.28. The second-order valence-electron chi connectivity index (χ2n) is 5.86. The number of ether oxygens (including phenoxy) is 1. The van der Waals surface area contributed by atoms with E-state index in [0.717, 1.165) is 11.8 Å².